The summed E-state index contributed by atoms with van der Waals surface area (Å²) in [5, 5.41) is 6.48. The van der Waals surface area contributed by atoms with Gasteiger partial charge in [-0.3, -0.25) is 4.79 Å². The third-order valence-electron chi connectivity index (χ3n) is 4.15. The minimum atomic E-state index is 0.172. The van der Waals surface area contributed by atoms with Gasteiger partial charge in [0, 0.05) is 24.9 Å². The zero-order valence-corrected chi connectivity index (χ0v) is 12.6. The van der Waals surface area contributed by atoms with E-state index in [4.69, 9.17) is 0 Å². The number of nitrogens with one attached hydrogen (secondary N) is 2. The normalized spacial score (nSPS) is 20.1. The van der Waals surface area contributed by atoms with E-state index in [9.17, 15) is 4.79 Å². The van der Waals surface area contributed by atoms with Crippen LogP contribution in [-0.4, -0.2) is 25.0 Å². The minimum Gasteiger partial charge on any atom is -0.355 e. The van der Waals surface area contributed by atoms with Gasteiger partial charge in [0.25, 0.3) is 0 Å². The average Bonchev–Trinajstić information content (AvgIpc) is 2.92. The number of rotatable bonds is 6. The van der Waals surface area contributed by atoms with E-state index < -0.39 is 0 Å². The third kappa shape index (κ3) is 4.34. The lowest BCUT2D eigenvalue weighted by atomic mass is 9.88. The molecular weight excluding hydrogens is 248 g/mol. The Morgan fingerprint density at radius 1 is 1.35 bits per heavy atom. The molecule has 0 radical (unpaired) electrons. The number of amides is 1. The first-order chi connectivity index (χ1) is 9.66. The van der Waals surface area contributed by atoms with Gasteiger partial charge in [0.15, 0.2) is 0 Å². The van der Waals surface area contributed by atoms with Crippen molar-refractivity contribution in [2.24, 2.45) is 5.92 Å². The predicted octanol–water partition coefficient (Wildman–Crippen LogP) is 2.68. The molecule has 1 heterocycles. The standard InChI is InChI=1S/C17H26N2O/c1-13(2)16(14-7-4-3-5-8-14)12-19-17(20)11-15-9-6-10-18-15/h3-5,7-8,13,15-16,18H,6,9-12H2,1-2H3,(H,19,20). The Morgan fingerprint density at radius 2 is 2.10 bits per heavy atom. The molecular formula is C17H26N2O. The summed E-state index contributed by atoms with van der Waals surface area (Å²) in [6.07, 6.45) is 2.93. The fourth-order valence-corrected chi connectivity index (χ4v) is 2.89. The molecule has 2 atom stereocenters. The largest absolute Gasteiger partial charge is 0.355 e. The summed E-state index contributed by atoms with van der Waals surface area (Å²) in [4.78, 5) is 12.0. The van der Waals surface area contributed by atoms with Crippen molar-refractivity contribution in [1.29, 1.82) is 0 Å². The molecule has 1 saturated heterocycles. The predicted molar refractivity (Wildman–Crippen MR) is 82.7 cm³/mol. The molecule has 0 aliphatic carbocycles. The quantitative estimate of drug-likeness (QED) is 0.837. The second-order valence-electron chi connectivity index (χ2n) is 6.06. The van der Waals surface area contributed by atoms with Gasteiger partial charge < -0.3 is 10.6 Å². The molecule has 1 aliphatic rings. The summed E-state index contributed by atoms with van der Waals surface area (Å²) >= 11 is 0. The van der Waals surface area contributed by atoms with Crippen LogP contribution in [0, 0.1) is 5.92 Å². The molecule has 1 fully saturated rings. The molecule has 2 N–H and O–H groups in total. The lowest BCUT2D eigenvalue weighted by Gasteiger charge is -2.22. The summed E-state index contributed by atoms with van der Waals surface area (Å²) in [5.41, 5.74) is 1.31. The van der Waals surface area contributed by atoms with Crippen molar-refractivity contribution in [1.82, 2.24) is 10.6 Å². The van der Waals surface area contributed by atoms with E-state index >= 15 is 0 Å². The van der Waals surface area contributed by atoms with Gasteiger partial charge in [-0.15, -0.1) is 0 Å². The zero-order valence-electron chi connectivity index (χ0n) is 12.6. The van der Waals surface area contributed by atoms with Crippen molar-refractivity contribution in [3.8, 4) is 0 Å². The van der Waals surface area contributed by atoms with Gasteiger partial charge in [0.2, 0.25) is 5.91 Å². The highest BCUT2D eigenvalue weighted by Gasteiger charge is 2.20. The van der Waals surface area contributed by atoms with Gasteiger partial charge in [-0.2, -0.15) is 0 Å². The molecule has 2 rings (SSSR count). The Kier molecular flexibility index (Phi) is 5.60. The fourth-order valence-electron chi connectivity index (χ4n) is 2.89. The zero-order chi connectivity index (χ0) is 14.4. The lowest BCUT2D eigenvalue weighted by molar-refractivity contribution is -0.121. The first kappa shape index (κ1) is 15.0. The topological polar surface area (TPSA) is 41.1 Å². The number of carbonyl (C=O) groups is 1. The highest BCUT2D eigenvalue weighted by molar-refractivity contribution is 5.76. The van der Waals surface area contributed by atoms with Gasteiger partial charge in [0.1, 0.15) is 0 Å². The van der Waals surface area contributed by atoms with Crippen LogP contribution in [0.5, 0.6) is 0 Å². The van der Waals surface area contributed by atoms with Crippen LogP contribution in [-0.2, 0) is 4.79 Å². The molecule has 3 nitrogen and oxygen atoms in total. The Hall–Kier alpha value is -1.35. The van der Waals surface area contributed by atoms with Gasteiger partial charge in [0.05, 0.1) is 0 Å². The number of hydrogen-bond donors (Lipinski definition) is 2. The maximum Gasteiger partial charge on any atom is 0.221 e. The monoisotopic (exact) mass is 274 g/mol. The van der Waals surface area contributed by atoms with E-state index in [-0.39, 0.29) is 5.91 Å². The van der Waals surface area contributed by atoms with Crippen molar-refractivity contribution in [2.75, 3.05) is 13.1 Å². The summed E-state index contributed by atoms with van der Waals surface area (Å²) in [5.74, 6) is 1.07. The van der Waals surface area contributed by atoms with Crippen LogP contribution in [0.1, 0.15) is 44.6 Å². The first-order valence-electron chi connectivity index (χ1n) is 7.72. The SMILES string of the molecule is CC(C)C(CNC(=O)CC1CCCN1)c1ccccc1. The summed E-state index contributed by atoms with van der Waals surface area (Å²) in [7, 11) is 0. The Labute approximate surface area is 122 Å². The number of benzene rings is 1. The molecule has 0 aromatic heterocycles. The van der Waals surface area contributed by atoms with E-state index in [1.54, 1.807) is 0 Å². The van der Waals surface area contributed by atoms with Gasteiger partial charge >= 0.3 is 0 Å². The van der Waals surface area contributed by atoms with Gasteiger partial charge in [-0.25, -0.2) is 0 Å². The van der Waals surface area contributed by atoms with E-state index in [2.05, 4.69) is 48.7 Å². The van der Waals surface area contributed by atoms with Crippen LogP contribution in [0.25, 0.3) is 0 Å². The maximum atomic E-state index is 12.0. The molecule has 1 amide bonds. The highest BCUT2D eigenvalue weighted by atomic mass is 16.1. The van der Waals surface area contributed by atoms with E-state index in [0.29, 0.717) is 24.3 Å². The molecule has 110 valence electrons. The average molecular weight is 274 g/mol. The minimum absolute atomic E-state index is 0.172. The van der Waals surface area contributed by atoms with Crippen molar-refractivity contribution < 1.29 is 4.79 Å². The second-order valence-corrected chi connectivity index (χ2v) is 6.06. The molecule has 20 heavy (non-hydrogen) atoms. The highest BCUT2D eigenvalue weighted by Crippen LogP contribution is 2.23. The smallest absolute Gasteiger partial charge is 0.221 e. The molecule has 2 unspecified atom stereocenters. The third-order valence-corrected chi connectivity index (χ3v) is 4.15. The molecule has 1 aliphatic heterocycles. The van der Waals surface area contributed by atoms with Crippen LogP contribution in [0.2, 0.25) is 0 Å². The first-order valence-corrected chi connectivity index (χ1v) is 7.72. The Bertz CT molecular complexity index is 410. The van der Waals surface area contributed by atoms with Crippen molar-refractivity contribution in [3.05, 3.63) is 35.9 Å². The number of hydrogen-bond acceptors (Lipinski definition) is 2. The molecule has 0 bridgehead atoms. The fraction of sp³-hybridized carbons (Fsp3) is 0.588. The van der Waals surface area contributed by atoms with Crippen LogP contribution < -0.4 is 10.6 Å². The van der Waals surface area contributed by atoms with E-state index in [1.165, 1.54) is 12.0 Å². The summed E-state index contributed by atoms with van der Waals surface area (Å²) in [6, 6.07) is 10.8. The van der Waals surface area contributed by atoms with Crippen LogP contribution >= 0.6 is 0 Å². The van der Waals surface area contributed by atoms with Crippen molar-refractivity contribution in [3.63, 3.8) is 0 Å². The molecule has 0 saturated carbocycles. The second kappa shape index (κ2) is 7.44. The van der Waals surface area contributed by atoms with Crippen LogP contribution in [0.4, 0.5) is 0 Å². The summed E-state index contributed by atoms with van der Waals surface area (Å²) in [6.45, 7) is 6.20. The van der Waals surface area contributed by atoms with Crippen LogP contribution in [0.3, 0.4) is 0 Å². The molecule has 3 heteroatoms. The molecule has 1 aromatic carbocycles. The summed E-state index contributed by atoms with van der Waals surface area (Å²) < 4.78 is 0. The van der Waals surface area contributed by atoms with Crippen molar-refractivity contribution >= 4 is 5.91 Å². The molecule has 0 spiro atoms. The Balaban J connectivity index is 1.84. The number of carbonyl (C=O) groups excluding carboxylic acids is 1. The van der Waals surface area contributed by atoms with Crippen LogP contribution in [0.15, 0.2) is 30.3 Å². The van der Waals surface area contributed by atoms with Crippen molar-refractivity contribution in [2.45, 2.75) is 45.1 Å². The molecule has 1 aromatic rings. The van der Waals surface area contributed by atoms with E-state index in [0.717, 1.165) is 19.5 Å². The lowest BCUT2D eigenvalue weighted by Crippen LogP contribution is -2.35. The van der Waals surface area contributed by atoms with E-state index in [1.807, 2.05) is 6.07 Å². The van der Waals surface area contributed by atoms with Gasteiger partial charge in [-0.05, 0) is 30.9 Å². The maximum absolute atomic E-state index is 12.0. The van der Waals surface area contributed by atoms with Gasteiger partial charge in [-0.1, -0.05) is 44.2 Å². The Morgan fingerprint density at radius 3 is 2.70 bits per heavy atom.